The molecule has 0 aliphatic carbocycles. The SMILES string of the molecule is CC(C)=CC(=O)N[C@@H](COP(=O)(O)O)C(=O)NCCc1ccc(O)cc1. The van der Waals surface area contributed by atoms with Gasteiger partial charge < -0.3 is 25.5 Å². The number of benzene rings is 1. The van der Waals surface area contributed by atoms with E-state index in [0.717, 1.165) is 5.56 Å². The van der Waals surface area contributed by atoms with Crippen LogP contribution in [0.15, 0.2) is 35.9 Å². The lowest BCUT2D eigenvalue weighted by molar-refractivity contribution is -0.128. The van der Waals surface area contributed by atoms with Crippen LogP contribution in [0, 0.1) is 0 Å². The maximum Gasteiger partial charge on any atom is 0.469 e. The number of rotatable bonds is 9. The Morgan fingerprint density at radius 3 is 2.38 bits per heavy atom. The molecular formula is C16H23N2O7P. The second-order valence-electron chi connectivity index (χ2n) is 5.78. The Kier molecular flexibility index (Phi) is 8.47. The van der Waals surface area contributed by atoms with Crippen LogP contribution in [0.5, 0.6) is 5.75 Å². The number of nitrogens with one attached hydrogen (secondary N) is 2. The molecule has 0 fully saturated rings. The van der Waals surface area contributed by atoms with E-state index in [-0.39, 0.29) is 12.3 Å². The van der Waals surface area contributed by atoms with Crippen molar-refractivity contribution in [2.75, 3.05) is 13.2 Å². The summed E-state index contributed by atoms with van der Waals surface area (Å²) in [6, 6.07) is 5.19. The van der Waals surface area contributed by atoms with Crippen molar-refractivity contribution in [1.82, 2.24) is 10.6 Å². The van der Waals surface area contributed by atoms with Crippen molar-refractivity contribution < 1.29 is 33.6 Å². The Balaban J connectivity index is 2.63. The molecule has 1 aromatic carbocycles. The zero-order valence-corrected chi connectivity index (χ0v) is 15.4. The number of phenols is 1. The summed E-state index contributed by atoms with van der Waals surface area (Å²) in [4.78, 5) is 41.6. The highest BCUT2D eigenvalue weighted by Gasteiger charge is 2.24. The third-order valence-corrected chi connectivity index (χ3v) is 3.60. The molecule has 0 bridgehead atoms. The molecule has 0 spiro atoms. The minimum atomic E-state index is -4.78. The predicted molar refractivity (Wildman–Crippen MR) is 94.2 cm³/mol. The number of carbonyl (C=O) groups excluding carboxylic acids is 2. The quantitative estimate of drug-likeness (QED) is 0.309. The molecule has 1 aromatic rings. The number of carbonyl (C=O) groups is 2. The number of allylic oxidation sites excluding steroid dienone is 1. The molecule has 2 amide bonds. The molecule has 0 saturated heterocycles. The predicted octanol–water partition coefficient (Wildman–Crippen LogP) is 0.611. The van der Waals surface area contributed by atoms with Crippen LogP contribution in [0.25, 0.3) is 0 Å². The Bertz CT molecular complexity index is 693. The summed E-state index contributed by atoms with van der Waals surface area (Å²) in [5, 5.41) is 14.1. The Morgan fingerprint density at radius 1 is 1.23 bits per heavy atom. The first-order valence-electron chi connectivity index (χ1n) is 7.78. The Hall–Kier alpha value is -2.19. The van der Waals surface area contributed by atoms with Crippen molar-refractivity contribution in [3.8, 4) is 5.75 Å². The van der Waals surface area contributed by atoms with Crippen molar-refractivity contribution >= 4 is 19.6 Å². The molecule has 0 aromatic heterocycles. The van der Waals surface area contributed by atoms with E-state index < -0.39 is 32.3 Å². The van der Waals surface area contributed by atoms with Gasteiger partial charge in [-0.05, 0) is 38.0 Å². The van der Waals surface area contributed by atoms with Gasteiger partial charge in [0.1, 0.15) is 11.8 Å². The van der Waals surface area contributed by atoms with Gasteiger partial charge in [-0.15, -0.1) is 0 Å². The summed E-state index contributed by atoms with van der Waals surface area (Å²) in [6.07, 6.45) is 1.73. The van der Waals surface area contributed by atoms with E-state index in [0.29, 0.717) is 12.0 Å². The number of phosphoric ester groups is 1. The molecule has 0 saturated carbocycles. The van der Waals surface area contributed by atoms with Gasteiger partial charge in [-0.1, -0.05) is 17.7 Å². The summed E-state index contributed by atoms with van der Waals surface area (Å²) in [5.74, 6) is -1.07. The van der Waals surface area contributed by atoms with E-state index in [4.69, 9.17) is 9.79 Å². The standard InChI is InChI=1S/C16H23N2O7P/c1-11(2)9-15(20)18-14(10-25-26(22,23)24)16(21)17-8-7-12-3-5-13(19)6-4-12/h3-6,9,14,19H,7-8,10H2,1-2H3,(H,17,21)(H,18,20)(H2,22,23,24)/t14-/m0/s1. The summed E-state index contributed by atoms with van der Waals surface area (Å²) in [5.41, 5.74) is 1.57. The van der Waals surface area contributed by atoms with Crippen molar-refractivity contribution in [1.29, 1.82) is 0 Å². The van der Waals surface area contributed by atoms with Crippen LogP contribution in [0.3, 0.4) is 0 Å². The monoisotopic (exact) mass is 386 g/mol. The molecule has 0 heterocycles. The molecule has 0 unspecified atom stereocenters. The minimum absolute atomic E-state index is 0.134. The molecule has 0 radical (unpaired) electrons. The zero-order chi connectivity index (χ0) is 19.7. The highest BCUT2D eigenvalue weighted by atomic mass is 31.2. The molecule has 5 N–H and O–H groups in total. The second kappa shape index (κ2) is 10.1. The average molecular weight is 386 g/mol. The first-order valence-corrected chi connectivity index (χ1v) is 9.31. The van der Waals surface area contributed by atoms with Crippen molar-refractivity contribution in [2.24, 2.45) is 0 Å². The molecule has 26 heavy (non-hydrogen) atoms. The third-order valence-electron chi connectivity index (χ3n) is 3.11. The van der Waals surface area contributed by atoms with Gasteiger partial charge in [0.25, 0.3) is 0 Å². The van der Waals surface area contributed by atoms with Crippen LogP contribution in [-0.4, -0.2) is 45.9 Å². The fourth-order valence-corrected chi connectivity index (χ4v) is 2.29. The van der Waals surface area contributed by atoms with Crippen LogP contribution >= 0.6 is 7.82 Å². The molecule has 9 nitrogen and oxygen atoms in total. The normalized spacial score (nSPS) is 12.2. The van der Waals surface area contributed by atoms with Gasteiger partial charge in [0.05, 0.1) is 6.61 Å². The molecule has 0 aliphatic rings. The third kappa shape index (κ3) is 9.33. The van der Waals surface area contributed by atoms with Gasteiger partial charge >= 0.3 is 7.82 Å². The molecular weight excluding hydrogens is 363 g/mol. The Morgan fingerprint density at radius 2 is 1.85 bits per heavy atom. The van der Waals surface area contributed by atoms with Gasteiger partial charge in [-0.25, -0.2) is 4.57 Å². The van der Waals surface area contributed by atoms with E-state index in [2.05, 4.69) is 15.2 Å². The molecule has 1 atom stereocenters. The number of phenolic OH excluding ortho intramolecular Hbond substituents is 1. The smallest absolute Gasteiger partial charge is 0.469 e. The van der Waals surface area contributed by atoms with E-state index in [9.17, 15) is 19.3 Å². The van der Waals surface area contributed by atoms with Crippen molar-refractivity contribution in [2.45, 2.75) is 26.3 Å². The van der Waals surface area contributed by atoms with Crippen LogP contribution < -0.4 is 10.6 Å². The highest BCUT2D eigenvalue weighted by molar-refractivity contribution is 7.46. The second-order valence-corrected chi connectivity index (χ2v) is 7.02. The fourth-order valence-electron chi connectivity index (χ4n) is 1.95. The lowest BCUT2D eigenvalue weighted by atomic mass is 10.1. The zero-order valence-electron chi connectivity index (χ0n) is 14.5. The van der Waals surface area contributed by atoms with Gasteiger partial charge in [0, 0.05) is 12.6 Å². The van der Waals surface area contributed by atoms with Gasteiger partial charge in [-0.3, -0.25) is 14.1 Å². The van der Waals surface area contributed by atoms with E-state index >= 15 is 0 Å². The van der Waals surface area contributed by atoms with Crippen LogP contribution in [0.4, 0.5) is 0 Å². The maximum atomic E-state index is 12.2. The molecule has 0 aliphatic heterocycles. The Labute approximate surface area is 151 Å². The van der Waals surface area contributed by atoms with Gasteiger partial charge in [0.15, 0.2) is 0 Å². The highest BCUT2D eigenvalue weighted by Crippen LogP contribution is 2.35. The lowest BCUT2D eigenvalue weighted by Gasteiger charge is -2.18. The number of hydrogen-bond acceptors (Lipinski definition) is 5. The van der Waals surface area contributed by atoms with E-state index in [1.54, 1.807) is 26.0 Å². The lowest BCUT2D eigenvalue weighted by Crippen LogP contribution is -2.49. The molecule has 144 valence electrons. The number of aromatic hydroxyl groups is 1. The van der Waals surface area contributed by atoms with Crippen LogP contribution in [0.1, 0.15) is 19.4 Å². The average Bonchev–Trinajstić information content (AvgIpc) is 2.51. The summed E-state index contributed by atoms with van der Waals surface area (Å²) in [6.45, 7) is 2.95. The van der Waals surface area contributed by atoms with Gasteiger partial charge in [0.2, 0.25) is 11.8 Å². The topological polar surface area (TPSA) is 145 Å². The van der Waals surface area contributed by atoms with Crippen LogP contribution in [0.2, 0.25) is 0 Å². The minimum Gasteiger partial charge on any atom is -0.508 e. The number of hydrogen-bond donors (Lipinski definition) is 5. The first-order chi connectivity index (χ1) is 12.1. The summed E-state index contributed by atoms with van der Waals surface area (Å²) >= 11 is 0. The summed E-state index contributed by atoms with van der Waals surface area (Å²) < 4.78 is 15.2. The fraction of sp³-hybridized carbons (Fsp3) is 0.375. The van der Waals surface area contributed by atoms with Crippen molar-refractivity contribution in [3.63, 3.8) is 0 Å². The molecule has 10 heteroatoms. The molecule has 1 rings (SSSR count). The van der Waals surface area contributed by atoms with E-state index in [1.807, 2.05) is 0 Å². The van der Waals surface area contributed by atoms with Gasteiger partial charge in [-0.2, -0.15) is 0 Å². The number of phosphoric acid groups is 1. The maximum absolute atomic E-state index is 12.2. The van der Waals surface area contributed by atoms with E-state index in [1.165, 1.54) is 18.2 Å². The summed E-state index contributed by atoms with van der Waals surface area (Å²) in [7, 11) is -4.78. The first kappa shape index (κ1) is 21.9. The number of amides is 2. The van der Waals surface area contributed by atoms with Crippen molar-refractivity contribution in [3.05, 3.63) is 41.5 Å². The largest absolute Gasteiger partial charge is 0.508 e. The van der Waals surface area contributed by atoms with Crippen LogP contribution in [-0.2, 0) is 25.1 Å².